The number of nitrogens with zero attached hydrogens (tertiary/aromatic N) is 1. The summed E-state index contributed by atoms with van der Waals surface area (Å²) < 4.78 is 0. The lowest BCUT2D eigenvalue weighted by atomic mass is 10.1. The Morgan fingerprint density at radius 2 is 2.00 bits per heavy atom. The van der Waals surface area contributed by atoms with Gasteiger partial charge in [0.1, 0.15) is 0 Å². The van der Waals surface area contributed by atoms with E-state index in [4.69, 9.17) is 11.6 Å². The van der Waals surface area contributed by atoms with Crippen LogP contribution >= 0.6 is 24.0 Å². The molecule has 1 fully saturated rings. The molecule has 6 heteroatoms. The largest absolute Gasteiger partial charge is 0.325 e. The van der Waals surface area contributed by atoms with E-state index in [2.05, 4.69) is 29.4 Å². The molecule has 1 amide bonds. The number of carbonyl (C=O) groups is 1. The number of nitrogens with one attached hydrogen (secondary N) is 2. The van der Waals surface area contributed by atoms with Crippen molar-refractivity contribution in [2.24, 2.45) is 0 Å². The van der Waals surface area contributed by atoms with Gasteiger partial charge in [0.2, 0.25) is 5.91 Å². The molecule has 4 nitrogen and oxygen atoms in total. The molecule has 1 aliphatic heterocycles. The molecule has 0 bridgehead atoms. The van der Waals surface area contributed by atoms with E-state index >= 15 is 0 Å². The van der Waals surface area contributed by atoms with Crippen LogP contribution in [0.5, 0.6) is 0 Å². The van der Waals surface area contributed by atoms with E-state index < -0.39 is 0 Å². The van der Waals surface area contributed by atoms with Gasteiger partial charge in [-0.25, -0.2) is 0 Å². The molecule has 2 rings (SSSR count). The SMILES string of the molecule is Cc1c(Cl)cccc1NC(=O)CN1CC(C)NC(C)C1.Cl. The van der Waals surface area contributed by atoms with E-state index in [-0.39, 0.29) is 18.3 Å². The first-order chi connectivity index (χ1) is 9.45. The van der Waals surface area contributed by atoms with Crippen LogP contribution in [-0.2, 0) is 4.79 Å². The van der Waals surface area contributed by atoms with Crippen molar-refractivity contribution < 1.29 is 4.79 Å². The van der Waals surface area contributed by atoms with Crippen molar-refractivity contribution in [3.63, 3.8) is 0 Å². The molecular formula is C15H23Cl2N3O. The smallest absolute Gasteiger partial charge is 0.238 e. The number of carbonyl (C=O) groups excluding carboxylic acids is 1. The lowest BCUT2D eigenvalue weighted by molar-refractivity contribution is -0.117. The van der Waals surface area contributed by atoms with Gasteiger partial charge >= 0.3 is 0 Å². The summed E-state index contributed by atoms with van der Waals surface area (Å²) in [6.45, 7) is 8.40. The molecule has 1 aromatic rings. The van der Waals surface area contributed by atoms with Gasteiger partial charge in [0, 0.05) is 35.9 Å². The minimum Gasteiger partial charge on any atom is -0.325 e. The van der Waals surface area contributed by atoms with Gasteiger partial charge in [-0.15, -0.1) is 12.4 Å². The Morgan fingerprint density at radius 3 is 2.62 bits per heavy atom. The van der Waals surface area contributed by atoms with Gasteiger partial charge in [-0.1, -0.05) is 17.7 Å². The summed E-state index contributed by atoms with van der Waals surface area (Å²) in [6.07, 6.45) is 0. The zero-order chi connectivity index (χ0) is 14.7. The lowest BCUT2D eigenvalue weighted by Crippen LogP contribution is -2.55. The van der Waals surface area contributed by atoms with Gasteiger partial charge in [0.15, 0.2) is 0 Å². The van der Waals surface area contributed by atoms with Gasteiger partial charge < -0.3 is 10.6 Å². The van der Waals surface area contributed by atoms with E-state index in [1.807, 2.05) is 25.1 Å². The standard InChI is InChI=1S/C15H22ClN3O.ClH/c1-10-7-19(8-11(2)17-10)9-15(20)18-14-6-4-5-13(16)12(14)3;/h4-6,10-11,17H,7-9H2,1-3H3,(H,18,20);1H. The molecule has 2 N–H and O–H groups in total. The molecule has 0 aromatic heterocycles. The highest BCUT2D eigenvalue weighted by atomic mass is 35.5. The van der Waals surface area contributed by atoms with E-state index in [9.17, 15) is 4.79 Å². The molecule has 2 unspecified atom stereocenters. The van der Waals surface area contributed by atoms with Crippen molar-refractivity contribution in [2.45, 2.75) is 32.9 Å². The summed E-state index contributed by atoms with van der Waals surface area (Å²) in [4.78, 5) is 14.3. The molecule has 1 aliphatic rings. The van der Waals surface area contributed by atoms with Crippen LogP contribution in [-0.4, -0.2) is 42.5 Å². The number of anilines is 1. The highest BCUT2D eigenvalue weighted by Crippen LogP contribution is 2.22. The second-order valence-corrected chi connectivity index (χ2v) is 6.03. The minimum atomic E-state index is 0. The monoisotopic (exact) mass is 331 g/mol. The Kier molecular flexibility index (Phi) is 6.94. The van der Waals surface area contributed by atoms with Crippen LogP contribution in [0.1, 0.15) is 19.4 Å². The van der Waals surface area contributed by atoms with Crippen molar-refractivity contribution in [3.05, 3.63) is 28.8 Å². The summed E-state index contributed by atoms with van der Waals surface area (Å²) in [5, 5.41) is 7.07. The fraction of sp³-hybridized carbons (Fsp3) is 0.533. The Bertz CT molecular complexity index is 486. The second-order valence-electron chi connectivity index (χ2n) is 5.62. The molecule has 1 saturated heterocycles. The highest BCUT2D eigenvalue weighted by molar-refractivity contribution is 6.31. The maximum Gasteiger partial charge on any atom is 0.238 e. The van der Waals surface area contributed by atoms with Crippen LogP contribution in [0, 0.1) is 6.92 Å². The van der Waals surface area contributed by atoms with E-state index in [0.717, 1.165) is 24.3 Å². The number of hydrogen-bond acceptors (Lipinski definition) is 3. The third-order valence-corrected chi connectivity index (χ3v) is 3.95. The summed E-state index contributed by atoms with van der Waals surface area (Å²) in [7, 11) is 0. The van der Waals surface area contributed by atoms with Crippen LogP contribution in [0.25, 0.3) is 0 Å². The van der Waals surface area contributed by atoms with Gasteiger partial charge in [0.05, 0.1) is 6.54 Å². The highest BCUT2D eigenvalue weighted by Gasteiger charge is 2.22. The van der Waals surface area contributed by atoms with E-state index in [1.165, 1.54) is 0 Å². The molecule has 1 aromatic carbocycles. The lowest BCUT2D eigenvalue weighted by Gasteiger charge is -2.35. The number of amides is 1. The van der Waals surface area contributed by atoms with Gasteiger partial charge in [-0.3, -0.25) is 9.69 Å². The molecular weight excluding hydrogens is 309 g/mol. The maximum atomic E-state index is 12.1. The van der Waals surface area contributed by atoms with Crippen molar-refractivity contribution >= 4 is 35.6 Å². The molecule has 0 radical (unpaired) electrons. The Balaban J connectivity index is 0.00000220. The van der Waals surface area contributed by atoms with Crippen LogP contribution in [0.3, 0.4) is 0 Å². The first kappa shape index (κ1) is 18.2. The molecule has 0 spiro atoms. The summed E-state index contributed by atoms with van der Waals surface area (Å²) in [5.74, 6) is 0.0108. The molecule has 21 heavy (non-hydrogen) atoms. The van der Waals surface area contributed by atoms with Crippen molar-refractivity contribution in [1.82, 2.24) is 10.2 Å². The zero-order valence-corrected chi connectivity index (χ0v) is 14.2. The minimum absolute atomic E-state index is 0. The number of piperazine rings is 1. The summed E-state index contributed by atoms with van der Waals surface area (Å²) in [5.41, 5.74) is 1.70. The average molecular weight is 332 g/mol. The number of rotatable bonds is 3. The number of benzene rings is 1. The maximum absolute atomic E-state index is 12.1. The zero-order valence-electron chi connectivity index (χ0n) is 12.6. The van der Waals surface area contributed by atoms with Crippen LogP contribution in [0.4, 0.5) is 5.69 Å². The van der Waals surface area contributed by atoms with Crippen molar-refractivity contribution in [2.75, 3.05) is 25.0 Å². The Hall–Kier alpha value is -0.810. The number of halogens is 2. The molecule has 0 aliphatic carbocycles. The van der Waals surface area contributed by atoms with Crippen LogP contribution < -0.4 is 10.6 Å². The van der Waals surface area contributed by atoms with Gasteiger partial charge in [-0.2, -0.15) is 0 Å². The molecule has 118 valence electrons. The fourth-order valence-corrected chi connectivity index (χ4v) is 2.88. The molecule has 1 heterocycles. The Labute approximate surface area is 137 Å². The third kappa shape index (κ3) is 5.15. The van der Waals surface area contributed by atoms with E-state index in [1.54, 1.807) is 0 Å². The van der Waals surface area contributed by atoms with Crippen LogP contribution in [0.15, 0.2) is 18.2 Å². The predicted octanol–water partition coefficient (Wildman–Crippen LogP) is 2.69. The van der Waals surface area contributed by atoms with Crippen molar-refractivity contribution in [1.29, 1.82) is 0 Å². The first-order valence-electron chi connectivity index (χ1n) is 6.99. The second kappa shape index (κ2) is 7.99. The normalized spacial score (nSPS) is 22.5. The molecule has 0 saturated carbocycles. The first-order valence-corrected chi connectivity index (χ1v) is 7.37. The predicted molar refractivity (Wildman–Crippen MR) is 90.6 cm³/mol. The number of hydrogen-bond donors (Lipinski definition) is 2. The summed E-state index contributed by atoms with van der Waals surface area (Å²) >= 11 is 6.06. The van der Waals surface area contributed by atoms with Crippen LogP contribution in [0.2, 0.25) is 5.02 Å². The summed E-state index contributed by atoms with van der Waals surface area (Å²) in [6, 6.07) is 6.38. The van der Waals surface area contributed by atoms with Crippen molar-refractivity contribution in [3.8, 4) is 0 Å². The average Bonchev–Trinajstić information content (AvgIpc) is 2.33. The van der Waals surface area contributed by atoms with Gasteiger partial charge in [-0.05, 0) is 38.5 Å². The van der Waals surface area contributed by atoms with E-state index in [0.29, 0.717) is 23.7 Å². The molecule has 2 atom stereocenters. The Morgan fingerprint density at radius 1 is 1.38 bits per heavy atom. The quantitative estimate of drug-likeness (QED) is 0.895. The fourth-order valence-electron chi connectivity index (χ4n) is 2.71. The van der Waals surface area contributed by atoms with Gasteiger partial charge in [0.25, 0.3) is 0 Å². The topological polar surface area (TPSA) is 44.4 Å². The third-order valence-electron chi connectivity index (χ3n) is 3.54.